The third kappa shape index (κ3) is 5.09. The molecule has 0 unspecified atom stereocenters. The number of rotatable bonds is 5. The highest BCUT2D eigenvalue weighted by Gasteiger charge is 2.20. The topological polar surface area (TPSA) is 67.4 Å². The minimum absolute atomic E-state index is 0.0382. The van der Waals surface area contributed by atoms with Gasteiger partial charge in [0.15, 0.2) is 5.78 Å². The number of ether oxygens (including phenoxy) is 1. The Morgan fingerprint density at radius 2 is 2.00 bits per heavy atom. The van der Waals surface area contributed by atoms with Gasteiger partial charge in [-0.05, 0) is 32.9 Å². The fourth-order valence-corrected chi connectivity index (χ4v) is 1.68. The summed E-state index contributed by atoms with van der Waals surface area (Å²) in [6.07, 6.45) is 0. The van der Waals surface area contributed by atoms with Gasteiger partial charge in [0, 0.05) is 18.4 Å². The summed E-state index contributed by atoms with van der Waals surface area (Å²) in [5, 5.41) is 5.49. The highest BCUT2D eigenvalue weighted by molar-refractivity contribution is 5.96. The fourth-order valence-electron chi connectivity index (χ4n) is 1.68. The predicted octanol–water partition coefficient (Wildman–Crippen LogP) is 2.44. The Labute approximate surface area is 113 Å². The maximum absolute atomic E-state index is 11.8. The normalized spacial score (nSPS) is 10.9. The Morgan fingerprint density at radius 3 is 2.58 bits per heavy atom. The van der Waals surface area contributed by atoms with Gasteiger partial charge >= 0.3 is 6.03 Å². The number of carbonyl (C=O) groups excluding carboxylic acids is 2. The van der Waals surface area contributed by atoms with E-state index in [0.29, 0.717) is 17.9 Å². The molecule has 5 heteroatoms. The van der Waals surface area contributed by atoms with Gasteiger partial charge in [-0.2, -0.15) is 0 Å². The van der Waals surface area contributed by atoms with Crippen molar-refractivity contribution in [3.05, 3.63) is 29.8 Å². The molecule has 0 spiro atoms. The largest absolute Gasteiger partial charge is 0.382 e. The maximum atomic E-state index is 11.8. The number of anilines is 1. The number of methoxy groups -OCH3 is 1. The van der Waals surface area contributed by atoms with Crippen molar-refractivity contribution in [3.63, 3.8) is 0 Å². The lowest BCUT2D eigenvalue weighted by Crippen LogP contribution is -2.48. The summed E-state index contributed by atoms with van der Waals surface area (Å²) >= 11 is 0. The van der Waals surface area contributed by atoms with Gasteiger partial charge < -0.3 is 15.4 Å². The molecule has 0 fully saturated rings. The SMILES string of the molecule is COCC(C)(C)NC(=O)Nc1cccc(C(C)=O)c1. The van der Waals surface area contributed by atoms with E-state index in [1.54, 1.807) is 31.4 Å². The van der Waals surface area contributed by atoms with Gasteiger partial charge in [-0.1, -0.05) is 12.1 Å². The molecule has 0 heterocycles. The van der Waals surface area contributed by atoms with Crippen molar-refractivity contribution >= 4 is 17.5 Å². The second-order valence-corrected chi connectivity index (χ2v) is 5.03. The van der Waals surface area contributed by atoms with Crippen LogP contribution in [-0.2, 0) is 4.74 Å². The van der Waals surface area contributed by atoms with E-state index in [-0.39, 0.29) is 11.8 Å². The molecule has 0 aliphatic heterocycles. The van der Waals surface area contributed by atoms with Crippen LogP contribution in [0.3, 0.4) is 0 Å². The van der Waals surface area contributed by atoms with Crippen LogP contribution in [0.2, 0.25) is 0 Å². The van der Waals surface area contributed by atoms with Gasteiger partial charge in [0.05, 0.1) is 12.1 Å². The van der Waals surface area contributed by atoms with Crippen molar-refractivity contribution in [1.29, 1.82) is 0 Å². The zero-order valence-electron chi connectivity index (χ0n) is 11.7. The summed E-state index contributed by atoms with van der Waals surface area (Å²) in [4.78, 5) is 23.1. The first kappa shape index (κ1) is 15.2. The second-order valence-electron chi connectivity index (χ2n) is 5.03. The lowest BCUT2D eigenvalue weighted by atomic mass is 10.1. The molecule has 0 saturated heterocycles. The monoisotopic (exact) mass is 264 g/mol. The molecule has 0 radical (unpaired) electrons. The first-order valence-electron chi connectivity index (χ1n) is 6.03. The Hall–Kier alpha value is -1.88. The average Bonchev–Trinajstić information content (AvgIpc) is 2.27. The molecule has 0 aliphatic rings. The van der Waals surface area contributed by atoms with Crippen LogP contribution in [0.4, 0.5) is 10.5 Å². The lowest BCUT2D eigenvalue weighted by molar-refractivity contribution is 0.101. The summed E-state index contributed by atoms with van der Waals surface area (Å²) in [5.74, 6) is -0.0382. The van der Waals surface area contributed by atoms with Crippen molar-refractivity contribution in [2.75, 3.05) is 19.0 Å². The minimum atomic E-state index is -0.461. The van der Waals surface area contributed by atoms with E-state index in [1.165, 1.54) is 6.92 Å². The highest BCUT2D eigenvalue weighted by atomic mass is 16.5. The molecular formula is C14H20N2O3. The smallest absolute Gasteiger partial charge is 0.319 e. The van der Waals surface area contributed by atoms with E-state index in [1.807, 2.05) is 13.8 Å². The standard InChI is InChI=1S/C14H20N2O3/c1-10(17)11-6-5-7-12(8-11)15-13(18)16-14(2,3)9-19-4/h5-8H,9H2,1-4H3,(H2,15,16,18). The van der Waals surface area contributed by atoms with Crippen molar-refractivity contribution in [2.45, 2.75) is 26.3 Å². The molecule has 5 nitrogen and oxygen atoms in total. The summed E-state index contributed by atoms with van der Waals surface area (Å²) in [6.45, 7) is 5.62. The Balaban J connectivity index is 2.67. The summed E-state index contributed by atoms with van der Waals surface area (Å²) < 4.78 is 5.02. The zero-order chi connectivity index (χ0) is 14.5. The average molecular weight is 264 g/mol. The van der Waals surface area contributed by atoms with Crippen LogP contribution in [0.5, 0.6) is 0 Å². The Bertz CT molecular complexity index is 470. The number of ketones is 1. The first-order chi connectivity index (χ1) is 8.84. The second kappa shape index (κ2) is 6.33. The van der Waals surface area contributed by atoms with E-state index in [0.717, 1.165) is 0 Å². The molecule has 0 atom stereocenters. The number of hydrogen-bond acceptors (Lipinski definition) is 3. The van der Waals surface area contributed by atoms with Crippen LogP contribution in [0, 0.1) is 0 Å². The number of hydrogen-bond donors (Lipinski definition) is 2. The zero-order valence-corrected chi connectivity index (χ0v) is 11.7. The van der Waals surface area contributed by atoms with Gasteiger partial charge in [-0.3, -0.25) is 4.79 Å². The van der Waals surface area contributed by atoms with Gasteiger partial charge in [0.2, 0.25) is 0 Å². The molecule has 0 aliphatic carbocycles. The highest BCUT2D eigenvalue weighted by Crippen LogP contribution is 2.11. The van der Waals surface area contributed by atoms with Gasteiger partial charge in [0.25, 0.3) is 0 Å². The molecule has 19 heavy (non-hydrogen) atoms. The third-order valence-corrected chi connectivity index (χ3v) is 2.48. The van der Waals surface area contributed by atoms with Crippen molar-refractivity contribution < 1.29 is 14.3 Å². The van der Waals surface area contributed by atoms with Gasteiger partial charge in [-0.15, -0.1) is 0 Å². The summed E-state index contributed by atoms with van der Waals surface area (Å²) in [7, 11) is 1.58. The van der Waals surface area contributed by atoms with Crippen LogP contribution in [0.25, 0.3) is 0 Å². The molecular weight excluding hydrogens is 244 g/mol. The quantitative estimate of drug-likeness (QED) is 0.803. The Kier molecular flexibility index (Phi) is 5.06. The van der Waals surface area contributed by atoms with Crippen LogP contribution >= 0.6 is 0 Å². The molecule has 1 aromatic rings. The number of nitrogens with one attached hydrogen (secondary N) is 2. The molecule has 2 N–H and O–H groups in total. The van der Waals surface area contributed by atoms with Crippen molar-refractivity contribution in [3.8, 4) is 0 Å². The van der Waals surface area contributed by atoms with E-state index in [9.17, 15) is 9.59 Å². The van der Waals surface area contributed by atoms with Crippen LogP contribution in [0.1, 0.15) is 31.1 Å². The van der Waals surface area contributed by atoms with E-state index < -0.39 is 5.54 Å². The maximum Gasteiger partial charge on any atom is 0.319 e. The van der Waals surface area contributed by atoms with Crippen molar-refractivity contribution in [1.82, 2.24) is 5.32 Å². The summed E-state index contributed by atoms with van der Waals surface area (Å²) in [5.41, 5.74) is 0.684. The molecule has 0 saturated carbocycles. The van der Waals surface area contributed by atoms with E-state index in [4.69, 9.17) is 4.74 Å². The lowest BCUT2D eigenvalue weighted by Gasteiger charge is -2.25. The molecule has 104 valence electrons. The van der Waals surface area contributed by atoms with Crippen LogP contribution in [-0.4, -0.2) is 31.1 Å². The van der Waals surface area contributed by atoms with E-state index in [2.05, 4.69) is 10.6 Å². The van der Waals surface area contributed by atoms with Crippen molar-refractivity contribution in [2.24, 2.45) is 0 Å². The predicted molar refractivity (Wildman–Crippen MR) is 74.6 cm³/mol. The molecule has 1 aromatic carbocycles. The molecule has 1 rings (SSSR count). The minimum Gasteiger partial charge on any atom is -0.382 e. The van der Waals surface area contributed by atoms with Gasteiger partial charge in [0.1, 0.15) is 0 Å². The van der Waals surface area contributed by atoms with Crippen LogP contribution in [0.15, 0.2) is 24.3 Å². The number of benzene rings is 1. The summed E-state index contributed by atoms with van der Waals surface area (Å²) in [6, 6.07) is 6.48. The van der Waals surface area contributed by atoms with Gasteiger partial charge in [-0.25, -0.2) is 4.79 Å². The number of Topliss-reactive ketones (excluding diaryl/α,β-unsaturated/α-hetero) is 1. The third-order valence-electron chi connectivity index (χ3n) is 2.48. The molecule has 0 aromatic heterocycles. The molecule has 0 bridgehead atoms. The first-order valence-corrected chi connectivity index (χ1v) is 6.03. The Morgan fingerprint density at radius 1 is 1.32 bits per heavy atom. The fraction of sp³-hybridized carbons (Fsp3) is 0.429. The van der Waals surface area contributed by atoms with E-state index >= 15 is 0 Å². The number of carbonyl (C=O) groups is 2. The number of urea groups is 1. The van der Waals surface area contributed by atoms with Crippen LogP contribution < -0.4 is 10.6 Å². The molecule has 2 amide bonds. The number of amides is 2.